The Bertz CT molecular complexity index is 1530. The van der Waals surface area contributed by atoms with Crippen LogP contribution < -0.4 is 0 Å². The van der Waals surface area contributed by atoms with E-state index in [9.17, 15) is 0 Å². The number of benzene rings is 1. The maximum atomic E-state index is 4.92. The van der Waals surface area contributed by atoms with Crippen LogP contribution in [0.1, 0.15) is 5.69 Å². The number of pyridine rings is 1. The highest BCUT2D eigenvalue weighted by Gasteiger charge is 2.16. The van der Waals surface area contributed by atoms with Gasteiger partial charge in [0.1, 0.15) is 28.5 Å². The molecule has 1 aromatic carbocycles. The van der Waals surface area contributed by atoms with Crippen molar-refractivity contribution in [2.45, 2.75) is 6.92 Å². The van der Waals surface area contributed by atoms with E-state index in [1.165, 1.54) is 6.33 Å². The first-order valence-corrected chi connectivity index (χ1v) is 10.9. The van der Waals surface area contributed by atoms with E-state index in [4.69, 9.17) is 4.98 Å². The van der Waals surface area contributed by atoms with Crippen LogP contribution >= 0.6 is 11.3 Å². The van der Waals surface area contributed by atoms with Gasteiger partial charge >= 0.3 is 0 Å². The summed E-state index contributed by atoms with van der Waals surface area (Å²) in [6.07, 6.45) is 10.9. The summed E-state index contributed by atoms with van der Waals surface area (Å²) in [5, 5.41) is 4.03. The van der Waals surface area contributed by atoms with Crippen LogP contribution in [0.3, 0.4) is 0 Å². The molecule has 154 valence electrons. The highest BCUT2D eigenvalue weighted by molar-refractivity contribution is 7.13. The molecule has 0 amide bonds. The van der Waals surface area contributed by atoms with Crippen LogP contribution in [0.4, 0.5) is 0 Å². The monoisotopic (exact) mass is 435 g/mol. The minimum absolute atomic E-state index is 0.810. The maximum Gasteiger partial charge on any atom is 0.145 e. The van der Waals surface area contributed by atoms with E-state index in [0.717, 1.165) is 50.2 Å². The molecule has 0 atom stereocenters. The molecule has 5 aromatic heterocycles. The largest absolute Gasteiger partial charge is 0.301 e. The van der Waals surface area contributed by atoms with E-state index >= 15 is 0 Å². The Labute approximate surface area is 187 Å². The molecule has 32 heavy (non-hydrogen) atoms. The molecule has 0 N–H and O–H groups in total. The van der Waals surface area contributed by atoms with Crippen LogP contribution in [-0.2, 0) is 0 Å². The Hall–Kier alpha value is -4.17. The van der Waals surface area contributed by atoms with Crippen molar-refractivity contribution in [3.05, 3.63) is 90.9 Å². The number of nitrogens with zero attached hydrogens (tertiary/aromatic N) is 7. The highest BCUT2D eigenvalue weighted by Crippen LogP contribution is 2.30. The van der Waals surface area contributed by atoms with Crippen molar-refractivity contribution < 1.29 is 0 Å². The van der Waals surface area contributed by atoms with Crippen LogP contribution in [-0.4, -0.2) is 34.1 Å². The predicted molar refractivity (Wildman–Crippen MR) is 125 cm³/mol. The lowest BCUT2D eigenvalue weighted by molar-refractivity contribution is 1.01. The van der Waals surface area contributed by atoms with Gasteiger partial charge in [-0.25, -0.2) is 24.9 Å². The maximum absolute atomic E-state index is 4.92. The summed E-state index contributed by atoms with van der Waals surface area (Å²) in [5.74, 6) is 0.810. The lowest BCUT2D eigenvalue weighted by atomic mass is 10.2. The van der Waals surface area contributed by atoms with Crippen molar-refractivity contribution in [3.8, 4) is 33.5 Å². The molecule has 0 fully saturated rings. The fourth-order valence-corrected chi connectivity index (χ4v) is 4.47. The second-order valence-corrected chi connectivity index (χ2v) is 8.22. The quantitative estimate of drug-likeness (QED) is 0.385. The van der Waals surface area contributed by atoms with Crippen molar-refractivity contribution in [2.24, 2.45) is 0 Å². The summed E-state index contributed by atoms with van der Waals surface area (Å²) in [6, 6.07) is 14.4. The summed E-state index contributed by atoms with van der Waals surface area (Å²) in [7, 11) is 0. The van der Waals surface area contributed by atoms with E-state index < -0.39 is 0 Å². The topological polar surface area (TPSA) is 74.3 Å². The van der Waals surface area contributed by atoms with Crippen LogP contribution in [0.15, 0.2) is 85.2 Å². The average molecular weight is 436 g/mol. The van der Waals surface area contributed by atoms with Crippen LogP contribution in [0.5, 0.6) is 0 Å². The van der Waals surface area contributed by atoms with Crippen LogP contribution in [0.25, 0.3) is 44.5 Å². The second-order valence-electron chi connectivity index (χ2n) is 7.36. The van der Waals surface area contributed by atoms with Gasteiger partial charge in [-0.15, -0.1) is 11.3 Å². The second kappa shape index (κ2) is 7.51. The van der Waals surface area contributed by atoms with E-state index in [-0.39, 0.29) is 0 Å². The van der Waals surface area contributed by atoms with Gasteiger partial charge in [-0.2, -0.15) is 0 Å². The van der Waals surface area contributed by atoms with Crippen molar-refractivity contribution in [1.82, 2.24) is 34.1 Å². The molecule has 6 aromatic rings. The number of hydrogen-bond donors (Lipinski definition) is 0. The van der Waals surface area contributed by atoms with Gasteiger partial charge in [0.15, 0.2) is 0 Å². The molecule has 0 saturated heterocycles. The smallest absolute Gasteiger partial charge is 0.145 e. The number of thiazole rings is 1. The van der Waals surface area contributed by atoms with Gasteiger partial charge in [-0.05, 0) is 49.4 Å². The SMILES string of the molecule is Cc1csc(-c2cn(-c3cncnc3)c(-c3ccc(-n4ccc5cccnc54)cc3)n2)n1. The van der Waals surface area contributed by atoms with Gasteiger partial charge < -0.3 is 4.57 Å². The molecule has 0 unspecified atom stereocenters. The minimum atomic E-state index is 0.810. The molecule has 6 rings (SSSR count). The van der Waals surface area contributed by atoms with E-state index in [1.54, 1.807) is 23.7 Å². The first-order valence-electron chi connectivity index (χ1n) is 10.1. The lowest BCUT2D eigenvalue weighted by Crippen LogP contribution is -1.98. The molecule has 0 saturated carbocycles. The number of aromatic nitrogens is 7. The fourth-order valence-electron chi connectivity index (χ4n) is 3.72. The number of rotatable bonds is 4. The fraction of sp³-hybridized carbons (Fsp3) is 0.0417. The van der Waals surface area contributed by atoms with Crippen molar-refractivity contribution in [3.63, 3.8) is 0 Å². The standard InChI is InChI=1S/C24H17N7S/c1-16-14-32-24(28-16)21-13-31(20-11-25-15-26-12-20)23(29-21)18-4-6-19(7-5-18)30-10-8-17-3-2-9-27-22(17)30/h2-15H,1H3. The average Bonchev–Trinajstić information content (AvgIpc) is 3.58. The Morgan fingerprint density at radius 3 is 2.50 bits per heavy atom. The van der Waals surface area contributed by atoms with E-state index in [1.807, 2.05) is 41.5 Å². The third-order valence-electron chi connectivity index (χ3n) is 5.22. The molecule has 0 radical (unpaired) electrons. The van der Waals surface area contributed by atoms with Gasteiger partial charge in [-0.1, -0.05) is 0 Å². The van der Waals surface area contributed by atoms with Crippen molar-refractivity contribution in [1.29, 1.82) is 0 Å². The van der Waals surface area contributed by atoms with Crippen LogP contribution in [0.2, 0.25) is 0 Å². The number of hydrogen-bond acceptors (Lipinski definition) is 6. The molecular formula is C24H17N7S. The highest BCUT2D eigenvalue weighted by atomic mass is 32.1. The Kier molecular flexibility index (Phi) is 4.36. The zero-order chi connectivity index (χ0) is 21.5. The van der Waals surface area contributed by atoms with Gasteiger partial charge in [0.2, 0.25) is 0 Å². The first kappa shape index (κ1) is 18.6. The zero-order valence-electron chi connectivity index (χ0n) is 17.1. The molecule has 5 heterocycles. The third kappa shape index (κ3) is 3.17. The molecule has 0 aliphatic carbocycles. The summed E-state index contributed by atoms with van der Waals surface area (Å²) in [4.78, 5) is 22.4. The van der Waals surface area contributed by atoms with Gasteiger partial charge in [0.25, 0.3) is 0 Å². The Morgan fingerprint density at radius 1 is 0.875 bits per heavy atom. The summed E-state index contributed by atoms with van der Waals surface area (Å²) in [5.41, 5.74) is 5.62. The molecular weight excluding hydrogens is 418 g/mol. The van der Waals surface area contributed by atoms with Gasteiger partial charge in [0, 0.05) is 46.3 Å². The first-order chi connectivity index (χ1) is 15.8. The number of fused-ring (bicyclic) bond motifs is 1. The molecule has 8 heteroatoms. The third-order valence-corrected chi connectivity index (χ3v) is 6.20. The molecule has 0 aliphatic rings. The normalized spacial score (nSPS) is 11.3. The van der Waals surface area contributed by atoms with Gasteiger partial charge in [0.05, 0.1) is 18.1 Å². The molecule has 0 aliphatic heterocycles. The molecule has 0 spiro atoms. The van der Waals surface area contributed by atoms with E-state index in [2.05, 4.69) is 60.9 Å². The minimum Gasteiger partial charge on any atom is -0.301 e. The Balaban J connectivity index is 1.45. The van der Waals surface area contributed by atoms with E-state index in [0.29, 0.717) is 0 Å². The van der Waals surface area contributed by atoms with Crippen molar-refractivity contribution >= 4 is 22.4 Å². The van der Waals surface area contributed by atoms with Crippen LogP contribution in [0, 0.1) is 6.92 Å². The summed E-state index contributed by atoms with van der Waals surface area (Å²) < 4.78 is 4.09. The Morgan fingerprint density at radius 2 is 1.72 bits per heavy atom. The number of imidazole rings is 1. The predicted octanol–water partition coefficient (Wildman–Crippen LogP) is 5.10. The summed E-state index contributed by atoms with van der Waals surface area (Å²) >= 11 is 1.59. The molecule has 7 nitrogen and oxygen atoms in total. The molecule has 0 bridgehead atoms. The summed E-state index contributed by atoms with van der Waals surface area (Å²) in [6.45, 7) is 1.99. The zero-order valence-corrected chi connectivity index (χ0v) is 17.9. The van der Waals surface area contributed by atoms with Gasteiger partial charge in [-0.3, -0.25) is 4.57 Å². The van der Waals surface area contributed by atoms with Crippen molar-refractivity contribution in [2.75, 3.05) is 0 Å². The lowest BCUT2D eigenvalue weighted by Gasteiger charge is -2.09. The number of aryl methyl sites for hydroxylation is 1.